The number of rotatable bonds is 5. The molecule has 3 rings (SSSR count). The van der Waals surface area contributed by atoms with Crippen molar-refractivity contribution in [3.8, 4) is 11.5 Å². The van der Waals surface area contributed by atoms with E-state index in [0.717, 1.165) is 0 Å². The Morgan fingerprint density at radius 1 is 1.10 bits per heavy atom. The largest absolute Gasteiger partial charge is 0.489 e. The minimum Gasteiger partial charge on any atom is -0.489 e. The topological polar surface area (TPSA) is 90.9 Å². The Hall–Kier alpha value is -3.06. The quantitative estimate of drug-likeness (QED) is 0.586. The SMILES string of the molecule is CC(=O)c1cccc(NC(=O)[C@@H](C)OC(=O)c2cc(Cl)c3c(c2)OCCCO3)c1. The van der Waals surface area contributed by atoms with E-state index in [0.29, 0.717) is 42.4 Å². The van der Waals surface area contributed by atoms with Crippen LogP contribution in [0.15, 0.2) is 36.4 Å². The molecule has 0 spiro atoms. The number of carbonyl (C=O) groups excluding carboxylic acids is 3. The molecule has 152 valence electrons. The third-order valence-electron chi connectivity index (χ3n) is 4.23. The first-order chi connectivity index (χ1) is 13.8. The molecule has 8 heteroatoms. The Morgan fingerprint density at radius 2 is 1.86 bits per heavy atom. The molecule has 1 amide bonds. The summed E-state index contributed by atoms with van der Waals surface area (Å²) in [5.41, 5.74) is 1.05. The van der Waals surface area contributed by atoms with Crippen LogP contribution < -0.4 is 14.8 Å². The Kier molecular flexibility index (Phi) is 6.39. The summed E-state index contributed by atoms with van der Waals surface area (Å²) in [4.78, 5) is 36.3. The minimum atomic E-state index is -1.07. The van der Waals surface area contributed by atoms with Gasteiger partial charge in [-0.15, -0.1) is 0 Å². The predicted octanol–water partition coefficient (Wildman–Crippen LogP) is 3.89. The fourth-order valence-electron chi connectivity index (χ4n) is 2.69. The second-order valence-corrected chi connectivity index (χ2v) is 6.92. The molecule has 0 bridgehead atoms. The number of anilines is 1. The normalized spacial score (nSPS) is 13.8. The van der Waals surface area contributed by atoms with Gasteiger partial charge in [0.2, 0.25) is 0 Å². The molecule has 0 aromatic heterocycles. The summed E-state index contributed by atoms with van der Waals surface area (Å²) in [7, 11) is 0. The van der Waals surface area contributed by atoms with Crippen molar-refractivity contribution in [1.29, 1.82) is 0 Å². The monoisotopic (exact) mass is 417 g/mol. The molecule has 0 saturated carbocycles. The van der Waals surface area contributed by atoms with Crippen LogP contribution >= 0.6 is 11.6 Å². The van der Waals surface area contributed by atoms with Gasteiger partial charge in [0.25, 0.3) is 5.91 Å². The lowest BCUT2D eigenvalue weighted by atomic mass is 10.1. The van der Waals surface area contributed by atoms with Crippen LogP contribution in [-0.4, -0.2) is 37.0 Å². The number of ketones is 1. The average Bonchev–Trinajstić information content (AvgIpc) is 2.94. The maximum Gasteiger partial charge on any atom is 0.339 e. The summed E-state index contributed by atoms with van der Waals surface area (Å²) in [5.74, 6) is -0.619. The van der Waals surface area contributed by atoms with Crippen molar-refractivity contribution in [2.75, 3.05) is 18.5 Å². The van der Waals surface area contributed by atoms with Gasteiger partial charge in [-0.05, 0) is 38.1 Å². The molecule has 2 aromatic carbocycles. The van der Waals surface area contributed by atoms with E-state index in [1.807, 2.05) is 0 Å². The number of halogens is 1. The van der Waals surface area contributed by atoms with Gasteiger partial charge in [0.15, 0.2) is 23.4 Å². The van der Waals surface area contributed by atoms with Crippen LogP contribution in [0.3, 0.4) is 0 Å². The van der Waals surface area contributed by atoms with Crippen LogP contribution in [0.5, 0.6) is 11.5 Å². The molecule has 1 aliphatic rings. The van der Waals surface area contributed by atoms with Crippen molar-refractivity contribution in [3.05, 3.63) is 52.5 Å². The summed E-state index contributed by atoms with van der Waals surface area (Å²) in [5, 5.41) is 2.86. The van der Waals surface area contributed by atoms with E-state index in [1.165, 1.54) is 26.0 Å². The number of ether oxygens (including phenoxy) is 3. The highest BCUT2D eigenvalue weighted by atomic mass is 35.5. The van der Waals surface area contributed by atoms with Crippen molar-refractivity contribution in [2.45, 2.75) is 26.4 Å². The molecule has 2 aromatic rings. The highest BCUT2D eigenvalue weighted by Gasteiger charge is 2.23. The summed E-state index contributed by atoms with van der Waals surface area (Å²) in [6.45, 7) is 3.80. The molecular formula is C21H20ClNO6. The van der Waals surface area contributed by atoms with E-state index in [4.69, 9.17) is 25.8 Å². The Morgan fingerprint density at radius 3 is 2.62 bits per heavy atom. The molecular weight excluding hydrogens is 398 g/mol. The molecule has 7 nitrogen and oxygen atoms in total. The van der Waals surface area contributed by atoms with Gasteiger partial charge >= 0.3 is 5.97 Å². The number of benzene rings is 2. The van der Waals surface area contributed by atoms with Crippen molar-refractivity contribution >= 4 is 34.9 Å². The van der Waals surface area contributed by atoms with Gasteiger partial charge in [0, 0.05) is 17.7 Å². The lowest BCUT2D eigenvalue weighted by Crippen LogP contribution is -2.30. The van der Waals surface area contributed by atoms with Gasteiger partial charge in [-0.25, -0.2) is 4.79 Å². The molecule has 0 fully saturated rings. The van der Waals surface area contributed by atoms with E-state index in [1.54, 1.807) is 24.3 Å². The Bertz CT molecular complexity index is 958. The third-order valence-corrected chi connectivity index (χ3v) is 4.51. The first-order valence-corrected chi connectivity index (χ1v) is 9.45. The smallest absolute Gasteiger partial charge is 0.339 e. The van der Waals surface area contributed by atoms with Crippen molar-refractivity contribution in [3.63, 3.8) is 0 Å². The molecule has 1 heterocycles. The highest BCUT2D eigenvalue weighted by Crippen LogP contribution is 2.38. The summed E-state index contributed by atoms with van der Waals surface area (Å²) in [6, 6.07) is 9.40. The van der Waals surface area contributed by atoms with E-state index in [2.05, 4.69) is 5.32 Å². The zero-order chi connectivity index (χ0) is 21.0. The molecule has 1 atom stereocenters. The Balaban J connectivity index is 1.68. The van der Waals surface area contributed by atoms with E-state index < -0.39 is 18.0 Å². The third kappa shape index (κ3) is 5.06. The first kappa shape index (κ1) is 20.7. The first-order valence-electron chi connectivity index (χ1n) is 9.07. The van der Waals surface area contributed by atoms with Gasteiger partial charge < -0.3 is 19.5 Å². The average molecular weight is 418 g/mol. The van der Waals surface area contributed by atoms with Crippen LogP contribution in [0.2, 0.25) is 5.02 Å². The minimum absolute atomic E-state index is 0.119. The van der Waals surface area contributed by atoms with Gasteiger partial charge in [0.05, 0.1) is 23.8 Å². The van der Waals surface area contributed by atoms with E-state index >= 15 is 0 Å². The van der Waals surface area contributed by atoms with Crippen LogP contribution in [-0.2, 0) is 9.53 Å². The molecule has 0 saturated heterocycles. The van der Waals surface area contributed by atoms with Gasteiger partial charge in [-0.3, -0.25) is 9.59 Å². The van der Waals surface area contributed by atoms with Crippen molar-refractivity contribution in [1.82, 2.24) is 0 Å². The molecule has 1 aliphatic heterocycles. The van der Waals surface area contributed by atoms with Crippen LogP contribution in [0.25, 0.3) is 0 Å². The lowest BCUT2D eigenvalue weighted by molar-refractivity contribution is -0.123. The fourth-order valence-corrected chi connectivity index (χ4v) is 2.96. The number of Topliss-reactive ketones (excluding diaryl/α,β-unsaturated/α-hetero) is 1. The number of fused-ring (bicyclic) bond motifs is 1. The van der Waals surface area contributed by atoms with Gasteiger partial charge in [-0.2, -0.15) is 0 Å². The summed E-state index contributed by atoms with van der Waals surface area (Å²) in [6.07, 6.45) is -0.370. The summed E-state index contributed by atoms with van der Waals surface area (Å²) >= 11 is 6.19. The molecule has 0 radical (unpaired) electrons. The van der Waals surface area contributed by atoms with Crippen LogP contribution in [0.4, 0.5) is 5.69 Å². The van der Waals surface area contributed by atoms with Crippen molar-refractivity contribution in [2.24, 2.45) is 0 Å². The maximum atomic E-state index is 12.5. The number of hydrogen-bond acceptors (Lipinski definition) is 6. The zero-order valence-electron chi connectivity index (χ0n) is 16.0. The lowest BCUT2D eigenvalue weighted by Gasteiger charge is -2.15. The number of nitrogens with one attached hydrogen (secondary N) is 1. The molecule has 0 unspecified atom stereocenters. The molecule has 1 N–H and O–H groups in total. The maximum absolute atomic E-state index is 12.5. The number of hydrogen-bond donors (Lipinski definition) is 1. The predicted molar refractivity (Wildman–Crippen MR) is 107 cm³/mol. The molecule has 29 heavy (non-hydrogen) atoms. The second-order valence-electron chi connectivity index (χ2n) is 6.51. The highest BCUT2D eigenvalue weighted by molar-refractivity contribution is 6.32. The fraction of sp³-hybridized carbons (Fsp3) is 0.286. The number of esters is 1. The standard InChI is InChI=1S/C21H20ClNO6/c1-12(24)14-5-3-6-16(9-14)23-20(25)13(2)29-21(26)15-10-17(22)19-18(11-15)27-7-4-8-28-19/h3,5-6,9-11,13H,4,7-8H2,1-2H3,(H,23,25)/t13-/m1/s1. The van der Waals surface area contributed by atoms with Crippen LogP contribution in [0, 0.1) is 0 Å². The van der Waals surface area contributed by atoms with E-state index in [-0.39, 0.29) is 16.4 Å². The van der Waals surface area contributed by atoms with Gasteiger partial charge in [0.1, 0.15) is 0 Å². The second kappa shape index (κ2) is 8.96. The Labute approximate surface area is 172 Å². The van der Waals surface area contributed by atoms with Crippen molar-refractivity contribution < 1.29 is 28.6 Å². The zero-order valence-corrected chi connectivity index (χ0v) is 16.7. The molecule has 0 aliphatic carbocycles. The summed E-state index contributed by atoms with van der Waals surface area (Å²) < 4.78 is 16.3. The van der Waals surface area contributed by atoms with Crippen LogP contribution in [0.1, 0.15) is 41.0 Å². The number of amides is 1. The van der Waals surface area contributed by atoms with Gasteiger partial charge in [-0.1, -0.05) is 23.7 Å². The number of carbonyl (C=O) groups is 3. The van der Waals surface area contributed by atoms with E-state index in [9.17, 15) is 14.4 Å².